The van der Waals surface area contributed by atoms with E-state index in [1.165, 1.54) is 11.8 Å². The molecule has 0 bridgehead atoms. The van der Waals surface area contributed by atoms with E-state index in [0.717, 1.165) is 0 Å². The number of hydrogen-bond donors (Lipinski definition) is 3. The molecule has 0 radical (unpaired) electrons. The van der Waals surface area contributed by atoms with E-state index >= 15 is 0 Å². The number of amides is 3. The molecule has 1 rings (SSSR count). The standard InChI is InChI=1S/C12H21N3O4/c1-7(2)10(11(17)18)14-12(19)15-5-4-9(6-15)13-8(3)16/h7,9-10H,4-6H2,1-3H3,(H,13,16)(H,14,19)(H,17,18). The lowest BCUT2D eigenvalue weighted by Gasteiger charge is -2.23. The van der Waals surface area contributed by atoms with Crippen LogP contribution >= 0.6 is 0 Å². The van der Waals surface area contributed by atoms with Crippen LogP contribution in [0.25, 0.3) is 0 Å². The van der Waals surface area contributed by atoms with E-state index in [-0.39, 0.29) is 17.9 Å². The number of hydrogen-bond acceptors (Lipinski definition) is 3. The van der Waals surface area contributed by atoms with Crippen molar-refractivity contribution in [2.75, 3.05) is 13.1 Å². The second-order valence-corrected chi connectivity index (χ2v) is 5.14. The summed E-state index contributed by atoms with van der Waals surface area (Å²) in [7, 11) is 0. The van der Waals surface area contributed by atoms with Crippen LogP contribution in [0.15, 0.2) is 0 Å². The summed E-state index contributed by atoms with van der Waals surface area (Å²) < 4.78 is 0. The van der Waals surface area contributed by atoms with Crippen LogP contribution in [0, 0.1) is 5.92 Å². The van der Waals surface area contributed by atoms with Gasteiger partial charge in [0, 0.05) is 26.1 Å². The zero-order chi connectivity index (χ0) is 14.6. The molecule has 0 aromatic rings. The Kier molecular flexibility index (Phi) is 5.14. The van der Waals surface area contributed by atoms with E-state index in [2.05, 4.69) is 10.6 Å². The lowest BCUT2D eigenvalue weighted by atomic mass is 10.1. The molecule has 1 aliphatic heterocycles. The fourth-order valence-corrected chi connectivity index (χ4v) is 2.09. The first-order valence-electron chi connectivity index (χ1n) is 6.36. The molecular formula is C12H21N3O4. The third-order valence-corrected chi connectivity index (χ3v) is 3.09. The number of carbonyl (C=O) groups excluding carboxylic acids is 2. The monoisotopic (exact) mass is 271 g/mol. The Morgan fingerprint density at radius 3 is 2.42 bits per heavy atom. The summed E-state index contributed by atoms with van der Waals surface area (Å²) in [5, 5.41) is 14.3. The number of likely N-dealkylation sites (tertiary alicyclic amines) is 1. The molecule has 3 amide bonds. The minimum absolute atomic E-state index is 0.0504. The van der Waals surface area contributed by atoms with Crippen molar-refractivity contribution in [2.24, 2.45) is 5.92 Å². The number of urea groups is 1. The molecule has 1 fully saturated rings. The van der Waals surface area contributed by atoms with Gasteiger partial charge < -0.3 is 20.6 Å². The van der Waals surface area contributed by atoms with Crippen LogP contribution in [0.3, 0.4) is 0 Å². The van der Waals surface area contributed by atoms with Crippen molar-refractivity contribution in [3.8, 4) is 0 Å². The maximum absolute atomic E-state index is 11.9. The summed E-state index contributed by atoms with van der Waals surface area (Å²) in [6.07, 6.45) is 0.687. The van der Waals surface area contributed by atoms with Crippen molar-refractivity contribution in [3.05, 3.63) is 0 Å². The molecule has 0 saturated carbocycles. The van der Waals surface area contributed by atoms with E-state index in [1.54, 1.807) is 13.8 Å². The van der Waals surface area contributed by atoms with Gasteiger partial charge in [0.25, 0.3) is 0 Å². The van der Waals surface area contributed by atoms with E-state index in [1.807, 2.05) is 0 Å². The van der Waals surface area contributed by atoms with E-state index < -0.39 is 18.0 Å². The predicted octanol–water partition coefficient (Wildman–Crippen LogP) is 0.0156. The van der Waals surface area contributed by atoms with Gasteiger partial charge in [-0.05, 0) is 12.3 Å². The average Bonchev–Trinajstić information content (AvgIpc) is 2.72. The van der Waals surface area contributed by atoms with E-state index in [4.69, 9.17) is 5.11 Å². The number of nitrogens with zero attached hydrogens (tertiary/aromatic N) is 1. The molecule has 1 aliphatic rings. The molecule has 0 spiro atoms. The minimum Gasteiger partial charge on any atom is -0.480 e. The van der Waals surface area contributed by atoms with Crippen LogP contribution in [-0.4, -0.2) is 53.1 Å². The van der Waals surface area contributed by atoms with Crippen molar-refractivity contribution in [3.63, 3.8) is 0 Å². The van der Waals surface area contributed by atoms with E-state index in [9.17, 15) is 14.4 Å². The Morgan fingerprint density at radius 2 is 1.95 bits per heavy atom. The molecule has 2 atom stereocenters. The maximum atomic E-state index is 11.9. The Bertz CT molecular complexity index is 370. The number of carboxylic acids is 1. The van der Waals surface area contributed by atoms with Gasteiger partial charge in [-0.15, -0.1) is 0 Å². The lowest BCUT2D eigenvalue weighted by Crippen LogP contribution is -2.50. The first-order chi connectivity index (χ1) is 8.81. The minimum atomic E-state index is -1.04. The molecule has 0 aliphatic carbocycles. The largest absolute Gasteiger partial charge is 0.480 e. The SMILES string of the molecule is CC(=O)NC1CCN(C(=O)NC(C(=O)O)C(C)C)C1. The summed E-state index contributed by atoms with van der Waals surface area (Å²) in [5.74, 6) is -1.35. The van der Waals surface area contributed by atoms with Gasteiger partial charge in [-0.3, -0.25) is 4.79 Å². The van der Waals surface area contributed by atoms with Crippen molar-refractivity contribution < 1.29 is 19.5 Å². The maximum Gasteiger partial charge on any atom is 0.326 e. The van der Waals surface area contributed by atoms with Crippen molar-refractivity contribution >= 4 is 17.9 Å². The van der Waals surface area contributed by atoms with Gasteiger partial charge >= 0.3 is 12.0 Å². The number of carbonyl (C=O) groups is 3. The van der Waals surface area contributed by atoms with Gasteiger partial charge in [-0.1, -0.05) is 13.8 Å². The van der Waals surface area contributed by atoms with E-state index in [0.29, 0.717) is 19.5 Å². The van der Waals surface area contributed by atoms with Crippen LogP contribution in [0.1, 0.15) is 27.2 Å². The summed E-state index contributed by atoms with van der Waals surface area (Å²) in [4.78, 5) is 35.4. The van der Waals surface area contributed by atoms with Crippen LogP contribution < -0.4 is 10.6 Å². The third kappa shape index (κ3) is 4.42. The number of carboxylic acid groups (broad SMARTS) is 1. The normalized spacial score (nSPS) is 20.2. The molecule has 19 heavy (non-hydrogen) atoms. The number of nitrogens with one attached hydrogen (secondary N) is 2. The Labute approximate surface area is 112 Å². The van der Waals surface area contributed by atoms with Gasteiger partial charge in [-0.2, -0.15) is 0 Å². The number of aliphatic carboxylic acids is 1. The molecule has 0 aromatic carbocycles. The first kappa shape index (κ1) is 15.3. The highest BCUT2D eigenvalue weighted by Gasteiger charge is 2.30. The highest BCUT2D eigenvalue weighted by molar-refractivity contribution is 5.83. The van der Waals surface area contributed by atoms with Gasteiger partial charge in [0.15, 0.2) is 0 Å². The van der Waals surface area contributed by atoms with Gasteiger partial charge in [0.05, 0.1) is 0 Å². The average molecular weight is 271 g/mol. The molecule has 108 valence electrons. The van der Waals surface area contributed by atoms with Crippen LogP contribution in [0.2, 0.25) is 0 Å². The molecule has 2 unspecified atom stereocenters. The van der Waals surface area contributed by atoms with Crippen LogP contribution in [0.4, 0.5) is 4.79 Å². The molecule has 0 aromatic heterocycles. The second-order valence-electron chi connectivity index (χ2n) is 5.14. The summed E-state index contributed by atoms with van der Waals surface area (Å²) in [6.45, 7) is 5.84. The molecule has 7 nitrogen and oxygen atoms in total. The van der Waals surface area contributed by atoms with Crippen molar-refractivity contribution in [2.45, 2.75) is 39.3 Å². The van der Waals surface area contributed by atoms with Gasteiger partial charge in [0.1, 0.15) is 6.04 Å². The van der Waals surface area contributed by atoms with Crippen molar-refractivity contribution in [1.29, 1.82) is 0 Å². The Morgan fingerprint density at radius 1 is 1.32 bits per heavy atom. The quantitative estimate of drug-likeness (QED) is 0.671. The van der Waals surface area contributed by atoms with Crippen LogP contribution in [0.5, 0.6) is 0 Å². The predicted molar refractivity (Wildman–Crippen MR) is 68.6 cm³/mol. The molecular weight excluding hydrogens is 250 g/mol. The third-order valence-electron chi connectivity index (χ3n) is 3.09. The summed E-state index contributed by atoms with van der Waals surface area (Å²) in [6, 6.07) is -1.34. The highest BCUT2D eigenvalue weighted by atomic mass is 16.4. The zero-order valence-electron chi connectivity index (χ0n) is 11.5. The Hall–Kier alpha value is -1.79. The molecule has 3 N–H and O–H groups in total. The fourth-order valence-electron chi connectivity index (χ4n) is 2.09. The Balaban J connectivity index is 2.51. The topological polar surface area (TPSA) is 98.7 Å². The van der Waals surface area contributed by atoms with Crippen molar-refractivity contribution in [1.82, 2.24) is 15.5 Å². The van der Waals surface area contributed by atoms with Gasteiger partial charge in [-0.25, -0.2) is 9.59 Å². The van der Waals surface area contributed by atoms with Gasteiger partial charge in [0.2, 0.25) is 5.91 Å². The highest BCUT2D eigenvalue weighted by Crippen LogP contribution is 2.10. The molecule has 1 saturated heterocycles. The summed E-state index contributed by atoms with van der Waals surface area (Å²) in [5.41, 5.74) is 0. The number of rotatable bonds is 4. The second kappa shape index (κ2) is 6.40. The summed E-state index contributed by atoms with van der Waals surface area (Å²) >= 11 is 0. The molecule has 7 heteroatoms. The fraction of sp³-hybridized carbons (Fsp3) is 0.750. The molecule has 1 heterocycles. The lowest BCUT2D eigenvalue weighted by molar-refractivity contribution is -0.140. The smallest absolute Gasteiger partial charge is 0.326 e. The zero-order valence-corrected chi connectivity index (χ0v) is 11.5. The van der Waals surface area contributed by atoms with Crippen LogP contribution in [-0.2, 0) is 9.59 Å². The first-order valence-corrected chi connectivity index (χ1v) is 6.36.